The fourth-order valence-electron chi connectivity index (χ4n) is 0.503. The average molecular weight is 156 g/mol. The molecule has 0 aliphatic heterocycles. The fraction of sp³-hybridized carbons (Fsp3) is 0.500. The molecule has 0 aromatic carbocycles. The van der Waals surface area contributed by atoms with Crippen LogP contribution in [0.4, 0.5) is 0 Å². The van der Waals surface area contributed by atoms with Crippen molar-refractivity contribution in [2.24, 2.45) is 5.41 Å². The molecule has 0 atom stereocenters. The summed E-state index contributed by atoms with van der Waals surface area (Å²) >= 11 is 0. The lowest BCUT2D eigenvalue weighted by Crippen LogP contribution is -2.08. The van der Waals surface area contributed by atoms with Gasteiger partial charge in [0.15, 0.2) is 0 Å². The minimum Gasteiger partial charge on any atom is -0.481 e. The third kappa shape index (κ3) is 5.33. The molecule has 0 bridgehead atoms. The maximum Gasteiger partial charge on any atom is 0.307 e. The van der Waals surface area contributed by atoms with E-state index in [2.05, 4.69) is 0 Å². The maximum absolute atomic E-state index is 10.3. The number of carboxylic acids is 1. The predicted molar refractivity (Wildman–Crippen MR) is 41.2 cm³/mol. The van der Waals surface area contributed by atoms with Crippen molar-refractivity contribution < 1.29 is 14.7 Å². The average Bonchev–Trinajstić information content (AvgIpc) is 1.87. The molecule has 62 valence electrons. The fourth-order valence-corrected chi connectivity index (χ4v) is 0.503. The quantitative estimate of drug-likeness (QED) is 0.492. The number of carboxylic acid groups (broad SMARTS) is 1. The van der Waals surface area contributed by atoms with Gasteiger partial charge in [0.25, 0.3) is 0 Å². The highest BCUT2D eigenvalue weighted by Gasteiger charge is 2.10. The van der Waals surface area contributed by atoms with Crippen molar-refractivity contribution in [3.05, 3.63) is 12.2 Å². The van der Waals surface area contributed by atoms with E-state index in [0.29, 0.717) is 0 Å². The van der Waals surface area contributed by atoms with Gasteiger partial charge in [0.05, 0.1) is 6.42 Å². The molecule has 0 aliphatic carbocycles. The summed E-state index contributed by atoms with van der Waals surface area (Å²) in [5, 5.41) is 8.24. The van der Waals surface area contributed by atoms with Crippen molar-refractivity contribution in [2.45, 2.75) is 20.3 Å². The van der Waals surface area contributed by atoms with Gasteiger partial charge in [0, 0.05) is 5.41 Å². The Morgan fingerprint density at radius 3 is 2.45 bits per heavy atom. The molecule has 0 amide bonds. The molecular weight excluding hydrogens is 144 g/mol. The Balaban J connectivity index is 3.92. The predicted octanol–water partition coefficient (Wildman–Crippen LogP) is 1.24. The van der Waals surface area contributed by atoms with Gasteiger partial charge in [-0.1, -0.05) is 12.2 Å². The zero-order valence-corrected chi connectivity index (χ0v) is 6.70. The number of aldehydes is 1. The van der Waals surface area contributed by atoms with Crippen molar-refractivity contribution in [3.63, 3.8) is 0 Å². The number of carbonyl (C=O) groups is 2. The second-order valence-corrected chi connectivity index (χ2v) is 2.94. The van der Waals surface area contributed by atoms with Crippen LogP contribution in [0.5, 0.6) is 0 Å². The molecule has 0 rings (SSSR count). The number of rotatable bonds is 4. The SMILES string of the molecule is CC(C)(C=O)C=CCC(=O)O. The van der Waals surface area contributed by atoms with Gasteiger partial charge in [-0.05, 0) is 13.8 Å². The van der Waals surface area contributed by atoms with Crippen molar-refractivity contribution in [2.75, 3.05) is 0 Å². The Morgan fingerprint density at radius 1 is 1.55 bits per heavy atom. The summed E-state index contributed by atoms with van der Waals surface area (Å²) in [6.45, 7) is 3.44. The van der Waals surface area contributed by atoms with Crippen LogP contribution in [-0.2, 0) is 9.59 Å². The molecule has 0 saturated carbocycles. The summed E-state index contributed by atoms with van der Waals surface area (Å²) in [6.07, 6.45) is 3.83. The van der Waals surface area contributed by atoms with Crippen LogP contribution in [0.25, 0.3) is 0 Å². The summed E-state index contributed by atoms with van der Waals surface area (Å²) in [5.74, 6) is -0.886. The van der Waals surface area contributed by atoms with Crippen LogP contribution in [-0.4, -0.2) is 17.4 Å². The van der Waals surface area contributed by atoms with Crippen LogP contribution in [0, 0.1) is 5.41 Å². The van der Waals surface area contributed by atoms with E-state index in [-0.39, 0.29) is 6.42 Å². The number of hydrogen-bond acceptors (Lipinski definition) is 2. The maximum atomic E-state index is 10.3. The Hall–Kier alpha value is -1.12. The van der Waals surface area contributed by atoms with Crippen LogP contribution in [0.2, 0.25) is 0 Å². The monoisotopic (exact) mass is 156 g/mol. The molecule has 0 heterocycles. The lowest BCUT2D eigenvalue weighted by molar-refractivity contribution is -0.136. The van der Waals surface area contributed by atoms with E-state index in [4.69, 9.17) is 5.11 Å². The van der Waals surface area contributed by atoms with Crippen LogP contribution in [0.3, 0.4) is 0 Å². The van der Waals surface area contributed by atoms with E-state index in [9.17, 15) is 9.59 Å². The number of carbonyl (C=O) groups excluding carboxylic acids is 1. The highest BCUT2D eigenvalue weighted by atomic mass is 16.4. The van der Waals surface area contributed by atoms with Gasteiger partial charge in [0.2, 0.25) is 0 Å². The second-order valence-electron chi connectivity index (χ2n) is 2.94. The third-order valence-corrected chi connectivity index (χ3v) is 1.14. The minimum absolute atomic E-state index is 0.0305. The lowest BCUT2D eigenvalue weighted by atomic mass is 9.95. The Labute approximate surface area is 65.7 Å². The van der Waals surface area contributed by atoms with E-state index in [1.165, 1.54) is 6.08 Å². The summed E-state index contributed by atoms with van der Waals surface area (Å²) in [6, 6.07) is 0. The molecule has 0 aromatic heterocycles. The summed E-state index contributed by atoms with van der Waals surface area (Å²) in [5.41, 5.74) is -0.546. The largest absolute Gasteiger partial charge is 0.481 e. The van der Waals surface area contributed by atoms with Crippen molar-refractivity contribution in [1.82, 2.24) is 0 Å². The van der Waals surface area contributed by atoms with E-state index < -0.39 is 11.4 Å². The van der Waals surface area contributed by atoms with Gasteiger partial charge in [-0.3, -0.25) is 4.79 Å². The van der Waals surface area contributed by atoms with Gasteiger partial charge in [-0.2, -0.15) is 0 Å². The molecule has 0 aromatic rings. The second kappa shape index (κ2) is 3.91. The van der Waals surface area contributed by atoms with Gasteiger partial charge in [-0.15, -0.1) is 0 Å². The van der Waals surface area contributed by atoms with Gasteiger partial charge in [0.1, 0.15) is 6.29 Å². The molecule has 0 spiro atoms. The van der Waals surface area contributed by atoms with E-state index in [1.54, 1.807) is 19.9 Å². The smallest absolute Gasteiger partial charge is 0.307 e. The molecule has 3 heteroatoms. The van der Waals surface area contributed by atoms with Gasteiger partial charge in [-0.25, -0.2) is 0 Å². The van der Waals surface area contributed by atoms with Crippen molar-refractivity contribution >= 4 is 12.3 Å². The van der Waals surface area contributed by atoms with Crippen LogP contribution in [0.1, 0.15) is 20.3 Å². The first-order valence-corrected chi connectivity index (χ1v) is 3.34. The Bertz CT molecular complexity index is 180. The molecule has 3 nitrogen and oxygen atoms in total. The highest BCUT2D eigenvalue weighted by molar-refractivity contribution is 5.69. The number of hydrogen-bond donors (Lipinski definition) is 1. The molecule has 0 unspecified atom stereocenters. The normalized spacial score (nSPS) is 11.8. The molecule has 0 fully saturated rings. The summed E-state index contributed by atoms with van der Waals surface area (Å²) < 4.78 is 0. The first kappa shape index (κ1) is 9.88. The van der Waals surface area contributed by atoms with Gasteiger partial charge < -0.3 is 9.90 Å². The third-order valence-electron chi connectivity index (χ3n) is 1.14. The minimum atomic E-state index is -0.886. The molecule has 11 heavy (non-hydrogen) atoms. The number of aliphatic carboxylic acids is 1. The zero-order valence-electron chi connectivity index (χ0n) is 6.70. The molecular formula is C8H12O3. The molecule has 0 saturated heterocycles. The lowest BCUT2D eigenvalue weighted by Gasteiger charge is -2.08. The van der Waals surface area contributed by atoms with Crippen LogP contribution < -0.4 is 0 Å². The van der Waals surface area contributed by atoms with Crippen molar-refractivity contribution in [1.29, 1.82) is 0 Å². The van der Waals surface area contributed by atoms with Crippen molar-refractivity contribution in [3.8, 4) is 0 Å². The van der Waals surface area contributed by atoms with Gasteiger partial charge >= 0.3 is 5.97 Å². The Kier molecular flexibility index (Phi) is 3.51. The standard InChI is InChI=1S/C8H12O3/c1-8(2,6-9)5-3-4-7(10)11/h3,5-6H,4H2,1-2H3,(H,10,11). The molecule has 0 radical (unpaired) electrons. The van der Waals surface area contributed by atoms with Crippen LogP contribution in [0.15, 0.2) is 12.2 Å². The Morgan fingerprint density at radius 2 is 2.09 bits per heavy atom. The summed E-state index contributed by atoms with van der Waals surface area (Å²) in [7, 11) is 0. The molecule has 0 aliphatic rings. The zero-order chi connectivity index (χ0) is 8.91. The van der Waals surface area contributed by atoms with E-state index in [0.717, 1.165) is 6.29 Å². The first-order valence-electron chi connectivity index (χ1n) is 3.34. The van der Waals surface area contributed by atoms with E-state index in [1.807, 2.05) is 0 Å². The highest BCUT2D eigenvalue weighted by Crippen LogP contribution is 2.12. The first-order chi connectivity index (χ1) is 4.98. The summed E-state index contributed by atoms with van der Waals surface area (Å²) in [4.78, 5) is 20.3. The van der Waals surface area contributed by atoms with E-state index >= 15 is 0 Å². The molecule has 1 N–H and O–H groups in total. The van der Waals surface area contributed by atoms with Crippen LogP contribution >= 0.6 is 0 Å². The number of allylic oxidation sites excluding steroid dienone is 1. The topological polar surface area (TPSA) is 54.4 Å².